The lowest BCUT2D eigenvalue weighted by Crippen LogP contribution is -2.40. The van der Waals surface area contributed by atoms with Gasteiger partial charge >= 0.3 is 0 Å². The minimum absolute atomic E-state index is 0.126. The first-order valence-corrected chi connectivity index (χ1v) is 9.01. The number of thiazole rings is 1. The van der Waals surface area contributed by atoms with Crippen molar-refractivity contribution in [3.63, 3.8) is 0 Å². The monoisotopic (exact) mass is 370 g/mol. The van der Waals surface area contributed by atoms with Gasteiger partial charge in [-0.2, -0.15) is 0 Å². The molecule has 3 aromatic rings. The molecule has 0 aliphatic carbocycles. The average molecular weight is 370 g/mol. The van der Waals surface area contributed by atoms with Gasteiger partial charge in [0.2, 0.25) is 0 Å². The van der Waals surface area contributed by atoms with Crippen LogP contribution in [0.15, 0.2) is 60.0 Å². The lowest BCUT2D eigenvalue weighted by Gasteiger charge is -2.29. The standard InChI is InChI=1S/C20H19FN2O2S/c1-20(25-2,15-10-6-7-11-16(15)21)13-22-18(24)17-12-26-19(23-17)14-8-4-3-5-9-14/h3-12H,13H2,1-2H3,(H,22,24)/t20-/m0/s1. The summed E-state index contributed by atoms with van der Waals surface area (Å²) in [4.78, 5) is 16.8. The molecule has 26 heavy (non-hydrogen) atoms. The maximum Gasteiger partial charge on any atom is 0.270 e. The third-order valence-corrected chi connectivity index (χ3v) is 5.13. The largest absolute Gasteiger partial charge is 0.372 e. The number of nitrogens with zero attached hydrogens (tertiary/aromatic N) is 1. The van der Waals surface area contributed by atoms with Crippen molar-refractivity contribution in [1.29, 1.82) is 0 Å². The Morgan fingerprint density at radius 3 is 2.58 bits per heavy atom. The van der Waals surface area contributed by atoms with E-state index in [0.29, 0.717) is 11.3 Å². The predicted molar refractivity (Wildman–Crippen MR) is 101 cm³/mol. The molecule has 1 atom stereocenters. The third-order valence-electron chi connectivity index (χ3n) is 4.24. The number of hydrogen-bond donors (Lipinski definition) is 1. The minimum Gasteiger partial charge on any atom is -0.372 e. The van der Waals surface area contributed by atoms with Crippen molar-refractivity contribution >= 4 is 17.2 Å². The highest BCUT2D eigenvalue weighted by atomic mass is 32.1. The predicted octanol–water partition coefficient (Wildman–Crippen LogP) is 4.24. The van der Waals surface area contributed by atoms with Crippen LogP contribution in [0, 0.1) is 5.82 Å². The van der Waals surface area contributed by atoms with Crippen LogP contribution >= 0.6 is 11.3 Å². The summed E-state index contributed by atoms with van der Waals surface area (Å²) >= 11 is 1.41. The van der Waals surface area contributed by atoms with E-state index in [-0.39, 0.29) is 18.3 Å². The molecule has 0 aliphatic rings. The molecule has 4 nitrogen and oxygen atoms in total. The van der Waals surface area contributed by atoms with Gasteiger partial charge in [0.05, 0.1) is 6.54 Å². The van der Waals surface area contributed by atoms with Crippen molar-refractivity contribution in [3.8, 4) is 10.6 Å². The summed E-state index contributed by atoms with van der Waals surface area (Å²) in [5.41, 5.74) is 0.718. The van der Waals surface area contributed by atoms with Crippen LogP contribution in [0.2, 0.25) is 0 Å². The Bertz CT molecular complexity index is 898. The van der Waals surface area contributed by atoms with Crippen molar-refractivity contribution in [2.75, 3.05) is 13.7 Å². The molecule has 1 heterocycles. The van der Waals surface area contributed by atoms with Gasteiger partial charge in [-0.1, -0.05) is 48.5 Å². The Labute approximate surface area is 155 Å². The van der Waals surface area contributed by atoms with E-state index < -0.39 is 5.60 Å². The fraction of sp³-hybridized carbons (Fsp3) is 0.200. The van der Waals surface area contributed by atoms with Crippen molar-refractivity contribution in [3.05, 3.63) is 77.1 Å². The summed E-state index contributed by atoms with van der Waals surface area (Å²) in [5.74, 6) is -0.686. The zero-order valence-electron chi connectivity index (χ0n) is 14.5. The molecule has 0 spiro atoms. The smallest absolute Gasteiger partial charge is 0.270 e. The van der Waals surface area contributed by atoms with Gasteiger partial charge in [-0.3, -0.25) is 4.79 Å². The highest BCUT2D eigenvalue weighted by molar-refractivity contribution is 7.13. The fourth-order valence-corrected chi connectivity index (χ4v) is 3.40. The van der Waals surface area contributed by atoms with E-state index >= 15 is 0 Å². The zero-order valence-corrected chi connectivity index (χ0v) is 15.3. The van der Waals surface area contributed by atoms with Crippen LogP contribution in [-0.2, 0) is 10.3 Å². The minimum atomic E-state index is -0.973. The van der Waals surface area contributed by atoms with Gasteiger partial charge in [0.1, 0.15) is 22.1 Å². The van der Waals surface area contributed by atoms with Gasteiger partial charge in [-0.25, -0.2) is 9.37 Å². The average Bonchev–Trinajstić information content (AvgIpc) is 3.17. The molecule has 0 fully saturated rings. The lowest BCUT2D eigenvalue weighted by atomic mass is 9.95. The molecule has 3 rings (SSSR count). The van der Waals surface area contributed by atoms with E-state index in [1.54, 1.807) is 30.5 Å². The van der Waals surface area contributed by atoms with Crippen LogP contribution in [0.5, 0.6) is 0 Å². The zero-order chi connectivity index (χ0) is 18.6. The fourth-order valence-electron chi connectivity index (χ4n) is 2.60. The first kappa shape index (κ1) is 18.2. The number of halogens is 1. The molecule has 0 aliphatic heterocycles. The molecule has 2 aromatic carbocycles. The summed E-state index contributed by atoms with van der Waals surface area (Å²) < 4.78 is 19.6. The summed E-state index contributed by atoms with van der Waals surface area (Å²) in [6.45, 7) is 1.86. The van der Waals surface area contributed by atoms with Crippen molar-refractivity contribution in [1.82, 2.24) is 10.3 Å². The van der Waals surface area contributed by atoms with E-state index in [1.807, 2.05) is 30.3 Å². The highest BCUT2D eigenvalue weighted by Gasteiger charge is 2.30. The molecule has 0 radical (unpaired) electrons. The van der Waals surface area contributed by atoms with E-state index in [4.69, 9.17) is 4.74 Å². The number of hydrogen-bond acceptors (Lipinski definition) is 4. The van der Waals surface area contributed by atoms with Gasteiger partial charge in [0.15, 0.2) is 0 Å². The maximum atomic E-state index is 14.1. The lowest BCUT2D eigenvalue weighted by molar-refractivity contribution is 0.000356. The van der Waals surface area contributed by atoms with Crippen LogP contribution in [0.25, 0.3) is 10.6 Å². The summed E-state index contributed by atoms with van der Waals surface area (Å²) in [6, 6.07) is 16.1. The molecule has 0 unspecified atom stereocenters. The molecule has 0 saturated carbocycles. The molecule has 1 aromatic heterocycles. The van der Waals surface area contributed by atoms with Crippen molar-refractivity contribution < 1.29 is 13.9 Å². The quantitative estimate of drug-likeness (QED) is 0.706. The normalized spacial score (nSPS) is 13.2. The van der Waals surface area contributed by atoms with Gasteiger partial charge in [-0.05, 0) is 13.0 Å². The number of methoxy groups -OCH3 is 1. The number of aromatic nitrogens is 1. The number of carbonyl (C=O) groups excluding carboxylic acids is 1. The maximum absolute atomic E-state index is 14.1. The van der Waals surface area contributed by atoms with E-state index in [0.717, 1.165) is 10.6 Å². The summed E-state index contributed by atoms with van der Waals surface area (Å²) in [6.07, 6.45) is 0. The van der Waals surface area contributed by atoms with E-state index in [9.17, 15) is 9.18 Å². The Kier molecular flexibility index (Phi) is 5.44. The number of rotatable bonds is 6. The Hall–Kier alpha value is -2.57. The SMILES string of the molecule is CO[C@@](C)(CNC(=O)c1csc(-c2ccccc2)n1)c1ccccc1F. The Morgan fingerprint density at radius 1 is 1.19 bits per heavy atom. The molecular formula is C20H19FN2O2S. The van der Waals surface area contributed by atoms with Gasteiger partial charge in [0.25, 0.3) is 5.91 Å². The number of nitrogens with one attached hydrogen (secondary N) is 1. The number of amides is 1. The highest BCUT2D eigenvalue weighted by Crippen LogP contribution is 2.27. The van der Waals surface area contributed by atoms with Crippen LogP contribution in [0.1, 0.15) is 23.0 Å². The molecule has 6 heteroatoms. The van der Waals surface area contributed by atoms with Crippen LogP contribution < -0.4 is 5.32 Å². The molecule has 134 valence electrons. The van der Waals surface area contributed by atoms with E-state index in [1.165, 1.54) is 24.5 Å². The van der Waals surface area contributed by atoms with Crippen molar-refractivity contribution in [2.45, 2.75) is 12.5 Å². The Morgan fingerprint density at radius 2 is 1.88 bits per heavy atom. The summed E-state index contributed by atoms with van der Waals surface area (Å²) in [5, 5.41) is 5.28. The molecule has 0 bridgehead atoms. The number of carbonyl (C=O) groups is 1. The van der Waals surface area contributed by atoms with Gasteiger partial charge in [0, 0.05) is 23.6 Å². The second-order valence-electron chi connectivity index (χ2n) is 6.00. The first-order valence-electron chi connectivity index (χ1n) is 8.13. The molecule has 1 N–H and O–H groups in total. The molecule has 0 saturated heterocycles. The third kappa shape index (κ3) is 3.81. The molecule has 1 amide bonds. The van der Waals surface area contributed by atoms with Crippen LogP contribution in [0.3, 0.4) is 0 Å². The Balaban J connectivity index is 1.72. The van der Waals surface area contributed by atoms with Crippen molar-refractivity contribution in [2.24, 2.45) is 0 Å². The second kappa shape index (κ2) is 7.76. The van der Waals surface area contributed by atoms with Gasteiger partial charge < -0.3 is 10.1 Å². The van der Waals surface area contributed by atoms with Crippen LogP contribution in [-0.4, -0.2) is 24.5 Å². The van der Waals surface area contributed by atoms with E-state index in [2.05, 4.69) is 10.3 Å². The number of ether oxygens (including phenoxy) is 1. The summed E-state index contributed by atoms with van der Waals surface area (Å²) in [7, 11) is 1.49. The second-order valence-corrected chi connectivity index (χ2v) is 6.86. The molecular weight excluding hydrogens is 351 g/mol. The number of benzene rings is 2. The van der Waals surface area contributed by atoms with Crippen LogP contribution in [0.4, 0.5) is 4.39 Å². The first-order chi connectivity index (χ1) is 12.5. The van der Waals surface area contributed by atoms with Gasteiger partial charge in [-0.15, -0.1) is 11.3 Å². The topological polar surface area (TPSA) is 51.2 Å².